The van der Waals surface area contributed by atoms with Crippen molar-refractivity contribution < 1.29 is 23.7 Å². The number of hydrogen-bond acceptors (Lipinski definition) is 5. The zero-order valence-corrected chi connectivity index (χ0v) is 8.76. The van der Waals surface area contributed by atoms with Gasteiger partial charge in [-0.3, -0.25) is 0 Å². The topological polar surface area (TPSA) is 57.3 Å². The van der Waals surface area contributed by atoms with Crippen molar-refractivity contribution in [1.82, 2.24) is 0 Å². The van der Waals surface area contributed by atoms with Crippen molar-refractivity contribution in [1.29, 1.82) is 0 Å². The molecule has 0 aromatic rings. The van der Waals surface area contributed by atoms with Crippen molar-refractivity contribution in [3.05, 3.63) is 11.6 Å². The van der Waals surface area contributed by atoms with Gasteiger partial charge in [-0.2, -0.15) is 0 Å². The molecule has 0 radical (unpaired) electrons. The smallest absolute Gasteiger partial charge is 0.333 e. The van der Waals surface area contributed by atoms with Crippen LogP contribution in [0.15, 0.2) is 11.6 Å². The van der Waals surface area contributed by atoms with E-state index in [0.29, 0.717) is 12.0 Å². The lowest BCUT2D eigenvalue weighted by Crippen LogP contribution is -2.28. The fourth-order valence-electron chi connectivity index (χ4n) is 1.76. The number of methoxy groups -OCH3 is 2. The van der Waals surface area contributed by atoms with E-state index in [1.807, 2.05) is 6.08 Å². The number of esters is 1. The molecule has 5 nitrogen and oxygen atoms in total. The molecule has 1 heterocycles. The second-order valence-electron chi connectivity index (χ2n) is 3.56. The largest absolute Gasteiger partial charge is 0.466 e. The SMILES string of the molecule is COCO[C@@H]1CC(C(=O)OC)=C[C@@H]2O[C@@H]21. The molecule has 0 N–H and O–H groups in total. The van der Waals surface area contributed by atoms with Crippen LogP contribution >= 0.6 is 0 Å². The van der Waals surface area contributed by atoms with Gasteiger partial charge in [-0.1, -0.05) is 0 Å². The minimum absolute atomic E-state index is 0.00899. The first-order chi connectivity index (χ1) is 7.26. The van der Waals surface area contributed by atoms with Crippen LogP contribution in [0.5, 0.6) is 0 Å². The van der Waals surface area contributed by atoms with Crippen LogP contribution in [0.1, 0.15) is 6.42 Å². The minimum Gasteiger partial charge on any atom is -0.466 e. The lowest BCUT2D eigenvalue weighted by Gasteiger charge is -2.18. The standard InChI is InChI=1S/C10H14O5/c1-12-5-14-7-3-6(10(11)13-2)4-8-9(7)15-8/h4,7-9H,3,5H2,1-2H3/t7-,8+,9-/m1/s1. The Bertz CT molecular complexity index is 286. The van der Waals surface area contributed by atoms with E-state index in [0.717, 1.165) is 0 Å². The van der Waals surface area contributed by atoms with E-state index in [4.69, 9.17) is 14.2 Å². The van der Waals surface area contributed by atoms with Gasteiger partial charge in [0.15, 0.2) is 0 Å². The Kier molecular flexibility index (Phi) is 3.04. The summed E-state index contributed by atoms with van der Waals surface area (Å²) >= 11 is 0. The van der Waals surface area contributed by atoms with Gasteiger partial charge in [0.25, 0.3) is 0 Å². The molecule has 1 aliphatic carbocycles. The quantitative estimate of drug-likeness (QED) is 0.381. The Morgan fingerprint density at radius 3 is 3.07 bits per heavy atom. The van der Waals surface area contributed by atoms with Gasteiger partial charge in [-0.05, 0) is 6.08 Å². The zero-order chi connectivity index (χ0) is 10.8. The van der Waals surface area contributed by atoms with Gasteiger partial charge in [-0.25, -0.2) is 4.79 Å². The lowest BCUT2D eigenvalue weighted by atomic mass is 9.97. The first kappa shape index (κ1) is 10.6. The molecule has 0 bridgehead atoms. The molecule has 0 amide bonds. The highest BCUT2D eigenvalue weighted by Gasteiger charge is 2.48. The van der Waals surface area contributed by atoms with E-state index in [1.165, 1.54) is 7.11 Å². The molecule has 2 aliphatic rings. The highest BCUT2D eigenvalue weighted by molar-refractivity contribution is 5.89. The second kappa shape index (κ2) is 4.30. The third-order valence-corrected chi connectivity index (χ3v) is 2.56. The lowest BCUT2D eigenvalue weighted by molar-refractivity contribution is -0.137. The van der Waals surface area contributed by atoms with E-state index < -0.39 is 0 Å². The maximum absolute atomic E-state index is 11.3. The molecular weight excluding hydrogens is 200 g/mol. The molecule has 15 heavy (non-hydrogen) atoms. The fraction of sp³-hybridized carbons (Fsp3) is 0.700. The third-order valence-electron chi connectivity index (χ3n) is 2.56. The molecule has 0 aromatic carbocycles. The molecule has 2 rings (SSSR count). The summed E-state index contributed by atoms with van der Waals surface area (Å²) in [5.41, 5.74) is 0.623. The maximum atomic E-state index is 11.3. The highest BCUT2D eigenvalue weighted by atomic mass is 16.7. The van der Waals surface area contributed by atoms with Crippen LogP contribution in [-0.4, -0.2) is 45.3 Å². The van der Waals surface area contributed by atoms with Crippen molar-refractivity contribution in [3.8, 4) is 0 Å². The van der Waals surface area contributed by atoms with Crippen LogP contribution in [0.4, 0.5) is 0 Å². The summed E-state index contributed by atoms with van der Waals surface area (Å²) in [4.78, 5) is 11.3. The van der Waals surface area contributed by atoms with Crippen LogP contribution in [0.25, 0.3) is 0 Å². The monoisotopic (exact) mass is 214 g/mol. The van der Waals surface area contributed by atoms with E-state index in [2.05, 4.69) is 4.74 Å². The molecular formula is C10H14O5. The fourth-order valence-corrected chi connectivity index (χ4v) is 1.76. The van der Waals surface area contributed by atoms with Gasteiger partial charge in [-0.15, -0.1) is 0 Å². The molecule has 5 heteroatoms. The Balaban J connectivity index is 1.96. The second-order valence-corrected chi connectivity index (χ2v) is 3.56. The number of hydrogen-bond donors (Lipinski definition) is 0. The van der Waals surface area contributed by atoms with Crippen LogP contribution in [0.3, 0.4) is 0 Å². The van der Waals surface area contributed by atoms with Crippen LogP contribution in [-0.2, 0) is 23.7 Å². The Morgan fingerprint density at radius 2 is 2.40 bits per heavy atom. The van der Waals surface area contributed by atoms with Gasteiger partial charge in [0.2, 0.25) is 0 Å². The van der Waals surface area contributed by atoms with Gasteiger partial charge in [0.05, 0.1) is 13.2 Å². The number of carbonyl (C=O) groups is 1. The maximum Gasteiger partial charge on any atom is 0.333 e. The first-order valence-corrected chi connectivity index (χ1v) is 4.81. The van der Waals surface area contributed by atoms with Crippen LogP contribution in [0, 0.1) is 0 Å². The first-order valence-electron chi connectivity index (χ1n) is 4.81. The molecule has 0 unspecified atom stereocenters. The third kappa shape index (κ3) is 2.19. The summed E-state index contributed by atoms with van der Waals surface area (Å²) in [6.07, 6.45) is 2.32. The van der Waals surface area contributed by atoms with Crippen molar-refractivity contribution in [2.75, 3.05) is 21.0 Å². The number of epoxide rings is 1. The number of rotatable bonds is 4. The summed E-state index contributed by atoms with van der Waals surface area (Å²) in [5.74, 6) is -0.310. The molecule has 1 aliphatic heterocycles. The zero-order valence-electron chi connectivity index (χ0n) is 8.76. The average Bonchev–Trinajstić information content (AvgIpc) is 3.03. The molecule has 1 fully saturated rings. The number of ether oxygens (including phenoxy) is 4. The summed E-state index contributed by atoms with van der Waals surface area (Å²) < 4.78 is 20.2. The van der Waals surface area contributed by atoms with Gasteiger partial charge < -0.3 is 18.9 Å². The number of fused-ring (bicyclic) bond motifs is 1. The number of carbonyl (C=O) groups excluding carboxylic acids is 1. The summed E-state index contributed by atoms with van der Waals surface area (Å²) in [6.45, 7) is 0.214. The molecule has 0 spiro atoms. The van der Waals surface area contributed by atoms with Crippen molar-refractivity contribution in [2.24, 2.45) is 0 Å². The Hall–Kier alpha value is -0.910. The van der Waals surface area contributed by atoms with Crippen LogP contribution < -0.4 is 0 Å². The predicted molar refractivity (Wildman–Crippen MR) is 50.1 cm³/mol. The average molecular weight is 214 g/mol. The van der Waals surface area contributed by atoms with Gasteiger partial charge >= 0.3 is 5.97 Å². The van der Waals surface area contributed by atoms with E-state index >= 15 is 0 Å². The highest BCUT2D eigenvalue weighted by Crippen LogP contribution is 2.37. The minimum atomic E-state index is -0.310. The molecule has 0 saturated carbocycles. The molecule has 3 atom stereocenters. The molecule has 0 aromatic heterocycles. The van der Waals surface area contributed by atoms with Gasteiger partial charge in [0.1, 0.15) is 19.0 Å². The summed E-state index contributed by atoms with van der Waals surface area (Å²) in [6, 6.07) is 0. The summed E-state index contributed by atoms with van der Waals surface area (Å²) in [7, 11) is 2.93. The normalized spacial score (nSPS) is 32.9. The molecule has 1 saturated heterocycles. The van der Waals surface area contributed by atoms with Crippen molar-refractivity contribution in [2.45, 2.75) is 24.7 Å². The van der Waals surface area contributed by atoms with Crippen molar-refractivity contribution >= 4 is 5.97 Å². The Labute approximate surface area is 87.9 Å². The van der Waals surface area contributed by atoms with E-state index in [1.54, 1.807) is 7.11 Å². The summed E-state index contributed by atoms with van der Waals surface area (Å²) in [5, 5.41) is 0. The molecule has 84 valence electrons. The predicted octanol–water partition coefficient (Wildman–Crippen LogP) is 0.246. The van der Waals surface area contributed by atoms with E-state index in [-0.39, 0.29) is 31.1 Å². The van der Waals surface area contributed by atoms with E-state index in [9.17, 15) is 4.79 Å². The Morgan fingerprint density at radius 1 is 1.60 bits per heavy atom. The van der Waals surface area contributed by atoms with Crippen LogP contribution in [0.2, 0.25) is 0 Å². The van der Waals surface area contributed by atoms with Gasteiger partial charge in [0, 0.05) is 19.1 Å². The van der Waals surface area contributed by atoms with Crippen molar-refractivity contribution in [3.63, 3.8) is 0 Å².